The van der Waals surface area contributed by atoms with E-state index in [1.54, 1.807) is 26.0 Å². The molecule has 1 aromatic carbocycles. The Morgan fingerprint density at radius 2 is 1.86 bits per heavy atom. The zero-order chi connectivity index (χ0) is 15.7. The van der Waals surface area contributed by atoms with Crippen molar-refractivity contribution in [2.45, 2.75) is 26.7 Å². The molecule has 0 saturated carbocycles. The summed E-state index contributed by atoms with van der Waals surface area (Å²) in [7, 11) is 0. The highest BCUT2D eigenvalue weighted by molar-refractivity contribution is 6.31. The van der Waals surface area contributed by atoms with Crippen molar-refractivity contribution in [2.75, 3.05) is 19.8 Å². The van der Waals surface area contributed by atoms with Crippen LogP contribution in [0.1, 0.15) is 37.0 Å². The van der Waals surface area contributed by atoms with Gasteiger partial charge >= 0.3 is 11.9 Å². The van der Waals surface area contributed by atoms with Gasteiger partial charge in [0.1, 0.15) is 11.3 Å². The molecule has 21 heavy (non-hydrogen) atoms. The van der Waals surface area contributed by atoms with Gasteiger partial charge in [-0.15, -0.1) is 0 Å². The van der Waals surface area contributed by atoms with Crippen LogP contribution < -0.4 is 4.74 Å². The molecule has 5 nitrogen and oxygen atoms in total. The molecular weight excluding hydrogens is 296 g/mol. The highest BCUT2D eigenvalue weighted by atomic mass is 35.5. The molecule has 0 aliphatic carbocycles. The molecule has 0 spiro atoms. The summed E-state index contributed by atoms with van der Waals surface area (Å²) in [5.41, 5.74) is 0.278. The highest BCUT2D eigenvalue weighted by Crippen LogP contribution is 2.24. The molecule has 0 radical (unpaired) electrons. The van der Waals surface area contributed by atoms with Crippen LogP contribution in [-0.2, 0) is 14.3 Å². The molecule has 0 saturated heterocycles. The van der Waals surface area contributed by atoms with E-state index in [1.807, 2.05) is 0 Å². The molecule has 0 fully saturated rings. The number of halogens is 1. The Morgan fingerprint density at radius 3 is 2.52 bits per heavy atom. The number of ether oxygens (including phenoxy) is 3. The van der Waals surface area contributed by atoms with Gasteiger partial charge in [0.15, 0.2) is 0 Å². The van der Waals surface area contributed by atoms with Crippen LogP contribution in [0.4, 0.5) is 0 Å². The zero-order valence-corrected chi connectivity index (χ0v) is 12.9. The predicted octanol–water partition coefficient (Wildman–Crippen LogP) is 3.24. The van der Waals surface area contributed by atoms with E-state index in [0.717, 1.165) is 0 Å². The van der Waals surface area contributed by atoms with E-state index < -0.39 is 5.97 Å². The second-order valence-corrected chi connectivity index (χ2v) is 4.55. The van der Waals surface area contributed by atoms with Gasteiger partial charge in [-0.1, -0.05) is 11.6 Å². The van der Waals surface area contributed by atoms with E-state index in [9.17, 15) is 9.59 Å². The van der Waals surface area contributed by atoms with E-state index in [2.05, 4.69) is 0 Å². The van der Waals surface area contributed by atoms with Crippen molar-refractivity contribution < 1.29 is 23.8 Å². The largest absolute Gasteiger partial charge is 0.493 e. The summed E-state index contributed by atoms with van der Waals surface area (Å²) in [6.07, 6.45) is 0.778. The summed E-state index contributed by atoms with van der Waals surface area (Å²) in [6.45, 7) is 4.42. The number of carbonyl (C=O) groups excluding carboxylic acids is 2. The number of esters is 2. The maximum absolute atomic E-state index is 11.8. The number of hydrogen-bond donors (Lipinski definition) is 0. The number of benzene rings is 1. The smallest absolute Gasteiger partial charge is 0.341 e. The maximum atomic E-state index is 11.8. The van der Waals surface area contributed by atoms with Gasteiger partial charge in [0.2, 0.25) is 0 Å². The van der Waals surface area contributed by atoms with Crippen molar-refractivity contribution in [3.8, 4) is 5.75 Å². The van der Waals surface area contributed by atoms with E-state index in [-0.39, 0.29) is 24.6 Å². The Balaban J connectivity index is 2.58. The monoisotopic (exact) mass is 314 g/mol. The topological polar surface area (TPSA) is 61.8 Å². The summed E-state index contributed by atoms with van der Waals surface area (Å²) < 4.78 is 15.3. The van der Waals surface area contributed by atoms with Crippen molar-refractivity contribution in [2.24, 2.45) is 0 Å². The van der Waals surface area contributed by atoms with Crippen LogP contribution in [0.3, 0.4) is 0 Å². The first-order valence-corrected chi connectivity index (χ1v) is 7.21. The van der Waals surface area contributed by atoms with Gasteiger partial charge in [-0.3, -0.25) is 4.79 Å². The first-order chi connectivity index (χ1) is 10.1. The molecule has 0 amide bonds. The Morgan fingerprint density at radius 1 is 1.14 bits per heavy atom. The van der Waals surface area contributed by atoms with Crippen LogP contribution in [0.15, 0.2) is 18.2 Å². The second-order valence-electron chi connectivity index (χ2n) is 4.12. The third-order valence-electron chi connectivity index (χ3n) is 2.53. The van der Waals surface area contributed by atoms with Gasteiger partial charge in [-0.2, -0.15) is 0 Å². The Hall–Kier alpha value is -1.75. The van der Waals surface area contributed by atoms with E-state index in [0.29, 0.717) is 30.4 Å². The zero-order valence-electron chi connectivity index (χ0n) is 12.2. The fourth-order valence-corrected chi connectivity index (χ4v) is 1.80. The van der Waals surface area contributed by atoms with Gasteiger partial charge in [0.25, 0.3) is 0 Å². The molecule has 0 aliphatic rings. The number of hydrogen-bond acceptors (Lipinski definition) is 5. The molecule has 1 aromatic rings. The first kappa shape index (κ1) is 17.3. The van der Waals surface area contributed by atoms with Crippen molar-refractivity contribution in [3.05, 3.63) is 28.8 Å². The summed E-state index contributed by atoms with van der Waals surface area (Å²) in [4.78, 5) is 23.0. The molecule has 0 aromatic heterocycles. The van der Waals surface area contributed by atoms with E-state index >= 15 is 0 Å². The van der Waals surface area contributed by atoms with Crippen LogP contribution in [-0.4, -0.2) is 31.8 Å². The molecule has 0 atom stereocenters. The van der Waals surface area contributed by atoms with Crippen molar-refractivity contribution in [1.29, 1.82) is 0 Å². The molecule has 0 unspecified atom stereocenters. The molecule has 1 rings (SSSR count). The average molecular weight is 315 g/mol. The van der Waals surface area contributed by atoms with Gasteiger partial charge in [-0.25, -0.2) is 4.79 Å². The van der Waals surface area contributed by atoms with Crippen molar-refractivity contribution in [1.82, 2.24) is 0 Å². The fraction of sp³-hybridized carbons (Fsp3) is 0.467. The lowest BCUT2D eigenvalue weighted by Gasteiger charge is -2.11. The lowest BCUT2D eigenvalue weighted by molar-refractivity contribution is -0.143. The van der Waals surface area contributed by atoms with Crippen LogP contribution in [0.25, 0.3) is 0 Å². The van der Waals surface area contributed by atoms with Crippen LogP contribution in [0.2, 0.25) is 5.02 Å². The lowest BCUT2D eigenvalue weighted by Crippen LogP contribution is -2.10. The molecule has 116 valence electrons. The Kier molecular flexibility index (Phi) is 7.61. The van der Waals surface area contributed by atoms with Crippen molar-refractivity contribution in [3.63, 3.8) is 0 Å². The SMILES string of the molecule is CCOC(=O)CCCOc1ccc(Cl)cc1C(=O)OCC. The third-order valence-corrected chi connectivity index (χ3v) is 2.76. The third kappa shape index (κ3) is 6.04. The fourth-order valence-electron chi connectivity index (χ4n) is 1.63. The van der Waals surface area contributed by atoms with Gasteiger partial charge in [0.05, 0.1) is 19.8 Å². The van der Waals surface area contributed by atoms with Gasteiger partial charge in [-0.05, 0) is 38.5 Å². The minimum Gasteiger partial charge on any atom is -0.493 e. The number of carbonyl (C=O) groups is 2. The molecule has 0 N–H and O–H groups in total. The average Bonchev–Trinajstić information content (AvgIpc) is 2.45. The molecule has 0 aliphatic heterocycles. The Labute approximate surface area is 129 Å². The maximum Gasteiger partial charge on any atom is 0.341 e. The second kappa shape index (κ2) is 9.23. The molecule has 0 bridgehead atoms. The van der Waals surface area contributed by atoms with Gasteiger partial charge in [0, 0.05) is 11.4 Å². The minimum atomic E-state index is -0.486. The van der Waals surface area contributed by atoms with Crippen LogP contribution in [0.5, 0.6) is 5.75 Å². The highest BCUT2D eigenvalue weighted by Gasteiger charge is 2.14. The number of rotatable bonds is 8. The molecular formula is C15H19ClO5. The lowest BCUT2D eigenvalue weighted by atomic mass is 10.2. The quantitative estimate of drug-likeness (QED) is 0.544. The Bertz CT molecular complexity index is 487. The molecule has 0 heterocycles. The standard InChI is InChI=1S/C15H19ClO5/c1-3-19-14(17)6-5-9-21-13-8-7-11(16)10-12(13)15(18)20-4-2/h7-8,10H,3-6,9H2,1-2H3. The first-order valence-electron chi connectivity index (χ1n) is 6.83. The van der Waals surface area contributed by atoms with Gasteiger partial charge < -0.3 is 14.2 Å². The summed E-state index contributed by atoms with van der Waals surface area (Å²) in [6, 6.07) is 4.74. The summed E-state index contributed by atoms with van der Waals surface area (Å²) >= 11 is 5.87. The summed E-state index contributed by atoms with van der Waals surface area (Å²) in [5.74, 6) is -0.357. The summed E-state index contributed by atoms with van der Waals surface area (Å²) in [5, 5.41) is 0.428. The minimum absolute atomic E-state index is 0.261. The van der Waals surface area contributed by atoms with Crippen LogP contribution in [0, 0.1) is 0 Å². The van der Waals surface area contributed by atoms with E-state index in [4.69, 9.17) is 25.8 Å². The van der Waals surface area contributed by atoms with Crippen molar-refractivity contribution >= 4 is 23.5 Å². The normalized spacial score (nSPS) is 10.0. The predicted molar refractivity (Wildman–Crippen MR) is 78.8 cm³/mol. The molecule has 6 heteroatoms. The van der Waals surface area contributed by atoms with E-state index in [1.165, 1.54) is 6.07 Å². The van der Waals surface area contributed by atoms with Crippen LogP contribution >= 0.6 is 11.6 Å².